The number of carbonyl (C=O) groups excluding carboxylic acids is 1. The molecule has 0 aliphatic heterocycles. The van der Waals surface area contributed by atoms with Gasteiger partial charge in [-0.1, -0.05) is 42.5 Å². The minimum Gasteiger partial charge on any atom is -0.491 e. The summed E-state index contributed by atoms with van der Waals surface area (Å²) in [5.74, 6) is 0.0494. The molecule has 0 saturated heterocycles. The van der Waals surface area contributed by atoms with Gasteiger partial charge in [0.15, 0.2) is 0 Å². The summed E-state index contributed by atoms with van der Waals surface area (Å²) >= 11 is 0. The summed E-state index contributed by atoms with van der Waals surface area (Å²) in [6, 6.07) is 12.0. The van der Waals surface area contributed by atoms with Gasteiger partial charge in [0.05, 0.1) is 12.1 Å². The standard InChI is InChI=1S/C24H24F3NO3/c1-17-6-2-3-9-19(17)14-28(23(30)18-7-4-5-8-18)15-21(29)16-31-22-12-10-20(11-13-22)24(25,26)27/h2-7,9-13,21,29H,8,14-16H2,1H3. The molecular weight excluding hydrogens is 407 g/mol. The van der Waals surface area contributed by atoms with Crippen molar-refractivity contribution in [3.8, 4) is 5.75 Å². The average molecular weight is 431 g/mol. The van der Waals surface area contributed by atoms with E-state index in [-0.39, 0.29) is 24.8 Å². The highest BCUT2D eigenvalue weighted by Gasteiger charge is 2.30. The van der Waals surface area contributed by atoms with E-state index < -0.39 is 17.8 Å². The van der Waals surface area contributed by atoms with E-state index in [1.807, 2.05) is 43.3 Å². The number of carbonyl (C=O) groups is 1. The van der Waals surface area contributed by atoms with E-state index in [1.54, 1.807) is 11.0 Å². The molecule has 1 atom stereocenters. The topological polar surface area (TPSA) is 49.8 Å². The number of aryl methyl sites for hydroxylation is 1. The van der Waals surface area contributed by atoms with Crippen LogP contribution >= 0.6 is 0 Å². The Hall–Kier alpha value is -3.06. The van der Waals surface area contributed by atoms with E-state index in [1.165, 1.54) is 12.1 Å². The second-order valence-corrected chi connectivity index (χ2v) is 7.42. The Morgan fingerprint density at radius 2 is 1.87 bits per heavy atom. The lowest BCUT2D eigenvalue weighted by Crippen LogP contribution is -2.40. The molecular formula is C24H24F3NO3. The predicted molar refractivity (Wildman–Crippen MR) is 111 cm³/mol. The van der Waals surface area contributed by atoms with Gasteiger partial charge in [0.1, 0.15) is 18.5 Å². The third-order valence-corrected chi connectivity index (χ3v) is 5.01. The first-order valence-corrected chi connectivity index (χ1v) is 9.91. The number of alkyl halides is 3. The molecule has 0 bridgehead atoms. The number of halogens is 3. The van der Waals surface area contributed by atoms with Gasteiger partial charge in [0.25, 0.3) is 0 Å². The Morgan fingerprint density at radius 3 is 2.48 bits per heavy atom. The van der Waals surface area contributed by atoms with Crippen molar-refractivity contribution in [1.82, 2.24) is 4.90 Å². The average Bonchev–Trinajstić information content (AvgIpc) is 3.27. The molecule has 0 spiro atoms. The molecule has 0 saturated carbocycles. The van der Waals surface area contributed by atoms with Crippen LogP contribution in [-0.4, -0.2) is 35.2 Å². The van der Waals surface area contributed by atoms with Crippen molar-refractivity contribution < 1.29 is 27.8 Å². The Balaban J connectivity index is 1.64. The minimum atomic E-state index is -4.42. The molecule has 1 aliphatic carbocycles. The Kier molecular flexibility index (Phi) is 7.17. The number of hydrogen-bond acceptors (Lipinski definition) is 3. The molecule has 2 aromatic rings. The number of amides is 1. The first-order valence-electron chi connectivity index (χ1n) is 9.91. The molecule has 31 heavy (non-hydrogen) atoms. The van der Waals surface area contributed by atoms with E-state index in [4.69, 9.17) is 4.74 Å². The molecule has 4 nitrogen and oxygen atoms in total. The fourth-order valence-electron chi connectivity index (χ4n) is 3.26. The maximum Gasteiger partial charge on any atom is 0.416 e. The molecule has 164 valence electrons. The van der Waals surface area contributed by atoms with Gasteiger partial charge in [-0.15, -0.1) is 0 Å². The van der Waals surface area contributed by atoms with Crippen molar-refractivity contribution in [2.45, 2.75) is 32.2 Å². The summed E-state index contributed by atoms with van der Waals surface area (Å²) in [5.41, 5.74) is 1.88. The van der Waals surface area contributed by atoms with Crippen LogP contribution in [0, 0.1) is 6.92 Å². The van der Waals surface area contributed by atoms with Gasteiger partial charge < -0.3 is 14.7 Å². The van der Waals surface area contributed by atoms with Crippen molar-refractivity contribution in [1.29, 1.82) is 0 Å². The smallest absolute Gasteiger partial charge is 0.416 e. The van der Waals surface area contributed by atoms with Crippen molar-refractivity contribution in [2.24, 2.45) is 0 Å². The lowest BCUT2D eigenvalue weighted by atomic mass is 10.1. The SMILES string of the molecule is Cc1ccccc1CN(CC(O)COc1ccc(C(F)(F)F)cc1)C(=O)C1=CC=CC1. The monoisotopic (exact) mass is 431 g/mol. The number of aliphatic hydroxyl groups excluding tert-OH is 1. The summed E-state index contributed by atoms with van der Waals surface area (Å²) in [4.78, 5) is 14.5. The lowest BCUT2D eigenvalue weighted by molar-refractivity contribution is -0.137. The summed E-state index contributed by atoms with van der Waals surface area (Å²) in [7, 11) is 0. The number of benzene rings is 2. The van der Waals surface area contributed by atoms with E-state index in [9.17, 15) is 23.1 Å². The quantitative estimate of drug-likeness (QED) is 0.661. The Morgan fingerprint density at radius 1 is 1.16 bits per heavy atom. The maximum atomic E-state index is 13.0. The van der Waals surface area contributed by atoms with Gasteiger partial charge in [-0.25, -0.2) is 0 Å². The van der Waals surface area contributed by atoms with Crippen LogP contribution in [0.5, 0.6) is 5.75 Å². The highest BCUT2D eigenvalue weighted by molar-refractivity contribution is 5.94. The maximum absolute atomic E-state index is 13.0. The van der Waals surface area contributed by atoms with Crippen molar-refractivity contribution in [3.63, 3.8) is 0 Å². The molecule has 1 unspecified atom stereocenters. The van der Waals surface area contributed by atoms with Gasteiger partial charge in [-0.2, -0.15) is 13.2 Å². The number of ether oxygens (including phenoxy) is 1. The van der Waals surface area contributed by atoms with Crippen molar-refractivity contribution in [2.75, 3.05) is 13.2 Å². The molecule has 0 fully saturated rings. The van der Waals surface area contributed by atoms with Crippen LogP contribution in [0.4, 0.5) is 13.2 Å². The number of allylic oxidation sites excluding steroid dienone is 3. The minimum absolute atomic E-state index is 0.0329. The Labute approximate surface area is 179 Å². The van der Waals surface area contributed by atoms with Crippen molar-refractivity contribution >= 4 is 5.91 Å². The predicted octanol–water partition coefficient (Wildman–Crippen LogP) is 4.67. The summed E-state index contributed by atoms with van der Waals surface area (Å²) in [6.07, 6.45) is 0.593. The van der Waals surface area contributed by atoms with Gasteiger partial charge in [0, 0.05) is 12.1 Å². The second kappa shape index (κ2) is 9.83. The summed E-state index contributed by atoms with van der Waals surface area (Å²) < 4.78 is 43.4. The van der Waals surface area contributed by atoms with Crippen LogP contribution < -0.4 is 4.74 Å². The van der Waals surface area contributed by atoms with Gasteiger partial charge in [-0.3, -0.25) is 4.79 Å². The van der Waals surface area contributed by atoms with Crippen LogP contribution in [-0.2, 0) is 17.5 Å². The number of nitrogens with zero attached hydrogens (tertiary/aromatic N) is 1. The molecule has 3 rings (SSSR count). The van der Waals surface area contributed by atoms with E-state index in [0.29, 0.717) is 18.5 Å². The molecule has 0 aromatic heterocycles. The van der Waals surface area contributed by atoms with Crippen LogP contribution in [0.25, 0.3) is 0 Å². The second-order valence-electron chi connectivity index (χ2n) is 7.42. The molecule has 1 N–H and O–H groups in total. The summed E-state index contributed by atoms with van der Waals surface area (Å²) in [5, 5.41) is 10.5. The van der Waals surface area contributed by atoms with Crippen LogP contribution in [0.15, 0.2) is 72.3 Å². The first-order chi connectivity index (χ1) is 14.7. The van der Waals surface area contributed by atoms with Gasteiger partial charge >= 0.3 is 6.18 Å². The third kappa shape index (κ3) is 6.21. The lowest BCUT2D eigenvalue weighted by Gasteiger charge is -2.27. The molecule has 1 aliphatic rings. The Bertz CT molecular complexity index is 965. The zero-order valence-electron chi connectivity index (χ0n) is 17.1. The van der Waals surface area contributed by atoms with E-state index in [0.717, 1.165) is 23.3 Å². The molecule has 2 aromatic carbocycles. The normalized spacial score (nSPS) is 14.3. The van der Waals surface area contributed by atoms with Gasteiger partial charge in [0.2, 0.25) is 5.91 Å². The molecule has 1 amide bonds. The zero-order valence-corrected chi connectivity index (χ0v) is 17.1. The fraction of sp³-hybridized carbons (Fsp3) is 0.292. The van der Waals surface area contributed by atoms with E-state index >= 15 is 0 Å². The molecule has 0 heterocycles. The first kappa shape index (κ1) is 22.6. The van der Waals surface area contributed by atoms with E-state index in [2.05, 4.69) is 0 Å². The summed E-state index contributed by atoms with van der Waals surface area (Å²) in [6.45, 7) is 2.17. The number of aliphatic hydroxyl groups is 1. The van der Waals surface area contributed by atoms with Crippen LogP contribution in [0.2, 0.25) is 0 Å². The van der Waals surface area contributed by atoms with Crippen LogP contribution in [0.3, 0.4) is 0 Å². The highest BCUT2D eigenvalue weighted by Crippen LogP contribution is 2.30. The number of hydrogen-bond donors (Lipinski definition) is 1. The fourth-order valence-corrected chi connectivity index (χ4v) is 3.26. The van der Waals surface area contributed by atoms with Crippen LogP contribution in [0.1, 0.15) is 23.1 Å². The highest BCUT2D eigenvalue weighted by atomic mass is 19.4. The largest absolute Gasteiger partial charge is 0.491 e. The molecule has 7 heteroatoms. The zero-order chi connectivity index (χ0) is 22.4. The molecule has 0 radical (unpaired) electrons. The number of rotatable bonds is 8. The van der Waals surface area contributed by atoms with Crippen molar-refractivity contribution in [3.05, 3.63) is 89.0 Å². The third-order valence-electron chi connectivity index (χ3n) is 5.01. The van der Waals surface area contributed by atoms with Gasteiger partial charge in [-0.05, 0) is 48.7 Å².